The highest BCUT2D eigenvalue weighted by atomic mass is 32.2. The van der Waals surface area contributed by atoms with E-state index in [1.54, 1.807) is 11.8 Å². The molecule has 0 aliphatic heterocycles. The summed E-state index contributed by atoms with van der Waals surface area (Å²) in [5, 5.41) is 9.06. The molecule has 1 heterocycles. The Morgan fingerprint density at radius 3 is 2.13 bits per heavy atom. The third-order valence-electron chi connectivity index (χ3n) is 7.71. The lowest BCUT2D eigenvalue weighted by Gasteiger charge is -2.29. The van der Waals surface area contributed by atoms with Crippen LogP contribution in [-0.2, 0) is 25.5 Å². The number of rotatable bonds is 12. The van der Waals surface area contributed by atoms with Crippen LogP contribution in [0.15, 0.2) is 59.6 Å². The Labute approximate surface area is 279 Å². The fourth-order valence-electron chi connectivity index (χ4n) is 5.66. The number of nitrogens with zero attached hydrogens (tertiary/aromatic N) is 2. The molecule has 1 N–H and O–H groups in total. The minimum atomic E-state index is -0.536. The van der Waals surface area contributed by atoms with Crippen molar-refractivity contribution >= 4 is 23.8 Å². The van der Waals surface area contributed by atoms with Crippen LogP contribution in [0.5, 0.6) is 0 Å². The van der Waals surface area contributed by atoms with Crippen LogP contribution >= 0.6 is 11.8 Å². The first kappa shape index (κ1) is 35.6. The molecule has 1 amide bonds. The number of hydrogen-bond acceptors (Lipinski definition) is 7. The minimum absolute atomic E-state index is 0.000393. The van der Waals surface area contributed by atoms with Gasteiger partial charge in [-0.1, -0.05) is 60.2 Å². The van der Waals surface area contributed by atoms with Crippen molar-refractivity contribution in [2.45, 2.75) is 96.9 Å². The molecule has 9 heteroatoms. The number of hydrogen-bond donors (Lipinski definition) is 1. The van der Waals surface area contributed by atoms with Crippen LogP contribution in [0.1, 0.15) is 72.8 Å². The summed E-state index contributed by atoms with van der Waals surface area (Å²) in [5.74, 6) is 1.28. The van der Waals surface area contributed by atoms with Gasteiger partial charge in [0.1, 0.15) is 22.8 Å². The Bertz CT molecular complexity index is 1420. The van der Waals surface area contributed by atoms with Gasteiger partial charge in [0.15, 0.2) is 0 Å². The summed E-state index contributed by atoms with van der Waals surface area (Å²) in [7, 11) is 0. The molecule has 1 aromatic heterocycles. The van der Waals surface area contributed by atoms with Gasteiger partial charge in [-0.05, 0) is 91.5 Å². The summed E-state index contributed by atoms with van der Waals surface area (Å²) >= 11 is 1.66. The lowest BCUT2D eigenvalue weighted by atomic mass is 9.82. The van der Waals surface area contributed by atoms with Gasteiger partial charge in [-0.25, -0.2) is 9.59 Å². The topological polar surface area (TPSA) is 91.7 Å². The average Bonchev–Trinajstić information content (AvgIpc) is 3.33. The molecule has 0 bridgehead atoms. The highest BCUT2D eigenvalue weighted by molar-refractivity contribution is 7.99. The van der Waals surface area contributed by atoms with E-state index in [1.807, 2.05) is 47.6 Å². The maximum absolute atomic E-state index is 12.2. The van der Waals surface area contributed by atoms with Crippen LogP contribution < -0.4 is 5.32 Å². The molecule has 1 saturated carbocycles. The maximum atomic E-state index is 12.2. The Morgan fingerprint density at radius 1 is 0.870 bits per heavy atom. The Morgan fingerprint density at radius 2 is 1.50 bits per heavy atom. The van der Waals surface area contributed by atoms with Gasteiger partial charge in [-0.15, -0.1) is 11.8 Å². The number of ether oxygens (including phenoxy) is 3. The van der Waals surface area contributed by atoms with Crippen molar-refractivity contribution < 1.29 is 23.8 Å². The molecule has 0 saturated heterocycles. The summed E-state index contributed by atoms with van der Waals surface area (Å²) in [6, 6.07) is 19.1. The van der Waals surface area contributed by atoms with Gasteiger partial charge in [0, 0.05) is 30.0 Å². The summed E-state index contributed by atoms with van der Waals surface area (Å²) in [4.78, 5) is 24.3. The van der Waals surface area contributed by atoms with Crippen molar-refractivity contribution in [1.29, 1.82) is 0 Å². The average molecular weight is 650 g/mol. The van der Waals surface area contributed by atoms with Gasteiger partial charge in [0.25, 0.3) is 0 Å². The van der Waals surface area contributed by atoms with Crippen molar-refractivity contribution in [3.63, 3.8) is 0 Å². The zero-order valence-corrected chi connectivity index (χ0v) is 29.4. The Balaban J connectivity index is 1.48. The smallest absolute Gasteiger partial charge is 0.407 e. The first-order valence-electron chi connectivity index (χ1n) is 16.4. The van der Waals surface area contributed by atoms with Crippen LogP contribution in [-0.4, -0.2) is 58.6 Å². The van der Waals surface area contributed by atoms with Gasteiger partial charge < -0.3 is 19.5 Å². The second kappa shape index (κ2) is 16.0. The number of esters is 1. The van der Waals surface area contributed by atoms with E-state index in [2.05, 4.69) is 65.5 Å². The third kappa shape index (κ3) is 11.2. The van der Waals surface area contributed by atoms with Gasteiger partial charge in [0.2, 0.25) is 0 Å². The first-order chi connectivity index (χ1) is 21.8. The van der Waals surface area contributed by atoms with Gasteiger partial charge >= 0.3 is 12.1 Å². The molecule has 3 aromatic rings. The Hall–Kier alpha value is -3.30. The quantitative estimate of drug-likeness (QED) is 0.120. The third-order valence-corrected chi connectivity index (χ3v) is 8.68. The van der Waals surface area contributed by atoms with Crippen molar-refractivity contribution in [2.75, 3.05) is 25.5 Å². The van der Waals surface area contributed by atoms with E-state index in [0.29, 0.717) is 30.7 Å². The molecule has 46 heavy (non-hydrogen) atoms. The molecule has 0 unspecified atom stereocenters. The summed E-state index contributed by atoms with van der Waals surface area (Å²) in [6.07, 6.45) is 3.87. The lowest BCUT2D eigenvalue weighted by molar-refractivity contribution is -0.160. The van der Waals surface area contributed by atoms with Crippen LogP contribution in [0.25, 0.3) is 22.4 Å². The molecule has 0 atom stereocenters. The van der Waals surface area contributed by atoms with E-state index in [4.69, 9.17) is 19.3 Å². The summed E-state index contributed by atoms with van der Waals surface area (Å²) in [6.45, 7) is 15.2. The largest absolute Gasteiger partial charge is 0.458 e. The molecular weight excluding hydrogens is 598 g/mol. The molecular formula is C37H51N3O5S. The standard InChI is InChI=1S/C37H51N3O5S/c1-26-13-19-30(20-14-26)33-32(29-11-9-8-10-12-29)34(46-22-21-38-35(42)45-37(5,6)7)39-40(33)23-27-15-17-28(18-16-27)24-43-25-31(41)44-36(2,3)4/h8-14,19-20,27-28H,15-18,21-25H2,1-7H3,(H,38,42). The number of aromatic nitrogens is 2. The summed E-state index contributed by atoms with van der Waals surface area (Å²) < 4.78 is 18.7. The number of alkyl carbamates (subject to hydrolysis) is 1. The van der Waals surface area contributed by atoms with E-state index in [1.165, 1.54) is 5.56 Å². The van der Waals surface area contributed by atoms with Gasteiger partial charge in [0.05, 0.1) is 12.3 Å². The molecule has 1 fully saturated rings. The SMILES string of the molecule is Cc1ccc(-c2c(-c3ccccc3)c(SCCNC(=O)OC(C)(C)C)nn2CC2CCC(COCC(=O)OC(C)(C)C)CC2)cc1. The van der Waals surface area contributed by atoms with Crippen molar-refractivity contribution in [1.82, 2.24) is 15.1 Å². The monoisotopic (exact) mass is 649 g/mol. The first-order valence-corrected chi connectivity index (χ1v) is 17.4. The molecule has 8 nitrogen and oxygen atoms in total. The van der Waals surface area contributed by atoms with E-state index in [-0.39, 0.29) is 12.6 Å². The van der Waals surface area contributed by atoms with Gasteiger partial charge in [-0.2, -0.15) is 5.10 Å². The molecule has 1 aliphatic carbocycles. The van der Waals surface area contributed by atoms with Crippen LogP contribution in [0.3, 0.4) is 0 Å². The fourth-order valence-corrected chi connectivity index (χ4v) is 6.58. The Kier molecular flexibility index (Phi) is 12.4. The van der Waals surface area contributed by atoms with E-state index in [9.17, 15) is 9.59 Å². The maximum Gasteiger partial charge on any atom is 0.407 e. The van der Waals surface area contributed by atoms with E-state index >= 15 is 0 Å². The number of amides is 1. The zero-order chi connectivity index (χ0) is 33.3. The van der Waals surface area contributed by atoms with Crippen LogP contribution in [0, 0.1) is 18.8 Å². The molecule has 4 rings (SSSR count). The minimum Gasteiger partial charge on any atom is -0.458 e. The second-order valence-electron chi connectivity index (χ2n) is 14.2. The molecule has 250 valence electrons. The summed E-state index contributed by atoms with van der Waals surface area (Å²) in [5.41, 5.74) is 4.68. The van der Waals surface area contributed by atoms with Crippen molar-refractivity contribution in [2.24, 2.45) is 11.8 Å². The number of benzene rings is 2. The highest BCUT2D eigenvalue weighted by Gasteiger charge is 2.27. The number of aryl methyl sites for hydroxylation is 1. The lowest BCUT2D eigenvalue weighted by Crippen LogP contribution is -2.33. The van der Waals surface area contributed by atoms with Gasteiger partial charge in [-0.3, -0.25) is 4.68 Å². The number of thioether (sulfide) groups is 1. The van der Waals surface area contributed by atoms with E-state index in [0.717, 1.165) is 59.6 Å². The van der Waals surface area contributed by atoms with Crippen molar-refractivity contribution in [3.05, 3.63) is 60.2 Å². The highest BCUT2D eigenvalue weighted by Crippen LogP contribution is 2.41. The number of nitrogens with one attached hydrogen (secondary N) is 1. The normalized spacial score (nSPS) is 17.0. The second-order valence-corrected chi connectivity index (χ2v) is 15.3. The van der Waals surface area contributed by atoms with Crippen molar-refractivity contribution in [3.8, 4) is 22.4 Å². The number of carbonyl (C=O) groups excluding carboxylic acids is 2. The predicted molar refractivity (Wildman–Crippen MR) is 185 cm³/mol. The molecule has 0 spiro atoms. The predicted octanol–water partition coefficient (Wildman–Crippen LogP) is 8.31. The molecule has 0 radical (unpaired) electrons. The zero-order valence-electron chi connectivity index (χ0n) is 28.6. The van der Waals surface area contributed by atoms with Crippen LogP contribution in [0.2, 0.25) is 0 Å². The van der Waals surface area contributed by atoms with E-state index < -0.39 is 17.3 Å². The fraction of sp³-hybridized carbons (Fsp3) is 0.541. The van der Waals surface area contributed by atoms with Crippen LogP contribution in [0.4, 0.5) is 4.79 Å². The molecule has 2 aromatic carbocycles. The number of carbonyl (C=O) groups is 2. The molecule has 1 aliphatic rings.